The molecule has 0 saturated heterocycles. The zero-order chi connectivity index (χ0) is 12.8. The van der Waals surface area contributed by atoms with Crippen LogP contribution in [0.25, 0.3) is 0 Å². The van der Waals surface area contributed by atoms with Crippen molar-refractivity contribution in [3.63, 3.8) is 0 Å². The summed E-state index contributed by atoms with van der Waals surface area (Å²) in [6, 6.07) is 2.11. The molecule has 0 unspecified atom stereocenters. The van der Waals surface area contributed by atoms with Crippen LogP contribution < -0.4 is 10.6 Å². The maximum atomic E-state index is 5.86. The summed E-state index contributed by atoms with van der Waals surface area (Å²) in [4.78, 5) is 7.05. The van der Waals surface area contributed by atoms with E-state index < -0.39 is 0 Å². The molecule has 0 fully saturated rings. The van der Waals surface area contributed by atoms with E-state index in [4.69, 9.17) is 5.73 Å². The molecule has 3 nitrogen and oxygen atoms in total. The average Bonchev–Trinajstić information content (AvgIpc) is 2.28. The van der Waals surface area contributed by atoms with Crippen LogP contribution in [0.5, 0.6) is 0 Å². The van der Waals surface area contributed by atoms with Gasteiger partial charge in [-0.05, 0) is 38.3 Å². The summed E-state index contributed by atoms with van der Waals surface area (Å²) in [5.41, 5.74) is 9.39. The lowest BCUT2D eigenvalue weighted by atomic mass is 10.1. The molecule has 0 aliphatic carbocycles. The number of aryl methyl sites for hydroxylation is 2. The van der Waals surface area contributed by atoms with Crippen LogP contribution in [0.3, 0.4) is 0 Å². The third-order valence-corrected chi connectivity index (χ3v) is 2.94. The number of nitrogens with two attached hydrogens (primary N) is 1. The highest BCUT2D eigenvalue weighted by Gasteiger charge is 2.13. The molecular weight excluding hydrogens is 210 g/mol. The summed E-state index contributed by atoms with van der Waals surface area (Å²) in [5, 5.41) is 0. The van der Waals surface area contributed by atoms with E-state index in [1.165, 1.54) is 11.1 Å². The molecule has 0 amide bonds. The molecule has 17 heavy (non-hydrogen) atoms. The first-order chi connectivity index (χ1) is 8.13. The molecule has 1 aromatic rings. The third kappa shape index (κ3) is 3.43. The van der Waals surface area contributed by atoms with E-state index in [1.807, 2.05) is 6.92 Å². The Kier molecular flexibility index (Phi) is 5.42. The van der Waals surface area contributed by atoms with Crippen molar-refractivity contribution in [3.8, 4) is 0 Å². The minimum atomic E-state index is 0.568. The lowest BCUT2D eigenvalue weighted by Gasteiger charge is -2.26. The van der Waals surface area contributed by atoms with Gasteiger partial charge in [0.2, 0.25) is 0 Å². The smallest absolute Gasteiger partial charge is 0.133 e. The first-order valence-electron chi connectivity index (χ1n) is 6.56. The van der Waals surface area contributed by atoms with Gasteiger partial charge >= 0.3 is 0 Å². The Balaban J connectivity index is 3.15. The molecule has 1 rings (SSSR count). The van der Waals surface area contributed by atoms with Crippen LogP contribution in [0, 0.1) is 13.8 Å². The number of pyridine rings is 1. The highest BCUT2D eigenvalue weighted by atomic mass is 15.2. The van der Waals surface area contributed by atoms with Crippen molar-refractivity contribution in [2.45, 2.75) is 47.1 Å². The number of hydrogen-bond acceptors (Lipinski definition) is 3. The molecule has 1 heterocycles. The summed E-state index contributed by atoms with van der Waals surface area (Å²) in [6.07, 6.45) is 2.28. The van der Waals surface area contributed by atoms with Crippen molar-refractivity contribution in [3.05, 3.63) is 22.9 Å². The second-order valence-corrected chi connectivity index (χ2v) is 4.57. The van der Waals surface area contributed by atoms with Crippen LogP contribution in [0.1, 0.15) is 43.5 Å². The summed E-state index contributed by atoms with van der Waals surface area (Å²) < 4.78 is 0. The van der Waals surface area contributed by atoms with Crippen LogP contribution >= 0.6 is 0 Å². The van der Waals surface area contributed by atoms with E-state index in [-0.39, 0.29) is 0 Å². The lowest BCUT2D eigenvalue weighted by Crippen LogP contribution is -2.28. The second-order valence-electron chi connectivity index (χ2n) is 4.57. The van der Waals surface area contributed by atoms with Gasteiger partial charge < -0.3 is 10.6 Å². The standard InChI is InChI=1S/C14H25N3/c1-5-7-17(8-6-2)14-13(10-15)11(3)9-12(4)16-14/h9H,5-8,10,15H2,1-4H3. The van der Waals surface area contributed by atoms with Gasteiger partial charge in [-0.25, -0.2) is 4.98 Å². The van der Waals surface area contributed by atoms with Crippen LogP contribution in [0.2, 0.25) is 0 Å². The predicted octanol–water partition coefficient (Wildman–Crippen LogP) is 2.78. The number of nitrogens with zero attached hydrogens (tertiary/aromatic N) is 2. The second kappa shape index (κ2) is 6.60. The number of anilines is 1. The highest BCUT2D eigenvalue weighted by molar-refractivity contribution is 5.51. The van der Waals surface area contributed by atoms with E-state index in [0.717, 1.165) is 37.4 Å². The molecular formula is C14H25N3. The molecule has 2 N–H and O–H groups in total. The van der Waals surface area contributed by atoms with Gasteiger partial charge in [0.15, 0.2) is 0 Å². The molecule has 3 heteroatoms. The van der Waals surface area contributed by atoms with Gasteiger partial charge in [0.1, 0.15) is 5.82 Å². The van der Waals surface area contributed by atoms with Crippen molar-refractivity contribution in [2.75, 3.05) is 18.0 Å². The fourth-order valence-corrected chi connectivity index (χ4v) is 2.22. The van der Waals surface area contributed by atoms with Gasteiger partial charge in [-0.15, -0.1) is 0 Å². The summed E-state index contributed by atoms with van der Waals surface area (Å²) in [6.45, 7) is 11.2. The minimum Gasteiger partial charge on any atom is -0.356 e. The Bertz CT molecular complexity index is 355. The summed E-state index contributed by atoms with van der Waals surface area (Å²) in [7, 11) is 0. The molecule has 96 valence electrons. The van der Waals surface area contributed by atoms with Crippen molar-refractivity contribution in [1.82, 2.24) is 4.98 Å². The van der Waals surface area contributed by atoms with Gasteiger partial charge in [0.05, 0.1) is 0 Å². The number of hydrogen-bond donors (Lipinski definition) is 1. The van der Waals surface area contributed by atoms with Crippen molar-refractivity contribution in [1.29, 1.82) is 0 Å². The van der Waals surface area contributed by atoms with Crippen molar-refractivity contribution < 1.29 is 0 Å². The first kappa shape index (κ1) is 14.0. The topological polar surface area (TPSA) is 42.2 Å². The van der Waals surface area contributed by atoms with Crippen molar-refractivity contribution >= 4 is 5.82 Å². The van der Waals surface area contributed by atoms with Gasteiger partial charge in [-0.1, -0.05) is 13.8 Å². The van der Waals surface area contributed by atoms with Crippen LogP contribution in [0.15, 0.2) is 6.07 Å². The van der Waals surface area contributed by atoms with Crippen molar-refractivity contribution in [2.24, 2.45) is 5.73 Å². The van der Waals surface area contributed by atoms with E-state index in [2.05, 4.69) is 36.7 Å². The molecule has 0 aromatic carbocycles. The Morgan fingerprint density at radius 2 is 1.76 bits per heavy atom. The Hall–Kier alpha value is -1.09. The van der Waals surface area contributed by atoms with Gasteiger partial charge in [0.25, 0.3) is 0 Å². The fraction of sp³-hybridized carbons (Fsp3) is 0.643. The largest absolute Gasteiger partial charge is 0.356 e. The SMILES string of the molecule is CCCN(CCC)c1nc(C)cc(C)c1CN. The maximum Gasteiger partial charge on any atom is 0.133 e. The zero-order valence-electron chi connectivity index (χ0n) is 11.6. The Morgan fingerprint density at radius 3 is 2.24 bits per heavy atom. The van der Waals surface area contributed by atoms with E-state index >= 15 is 0 Å². The van der Waals surface area contributed by atoms with Crippen LogP contribution in [-0.4, -0.2) is 18.1 Å². The Labute approximate surface area is 105 Å². The molecule has 0 radical (unpaired) electrons. The first-order valence-corrected chi connectivity index (χ1v) is 6.56. The maximum absolute atomic E-state index is 5.86. The fourth-order valence-electron chi connectivity index (χ4n) is 2.22. The minimum absolute atomic E-state index is 0.568. The summed E-state index contributed by atoms with van der Waals surface area (Å²) >= 11 is 0. The third-order valence-electron chi connectivity index (χ3n) is 2.94. The summed E-state index contributed by atoms with van der Waals surface area (Å²) in [5.74, 6) is 1.09. The molecule has 0 saturated carbocycles. The predicted molar refractivity (Wildman–Crippen MR) is 74.4 cm³/mol. The van der Waals surface area contributed by atoms with Crippen LogP contribution in [0.4, 0.5) is 5.82 Å². The monoisotopic (exact) mass is 235 g/mol. The Morgan fingerprint density at radius 1 is 1.18 bits per heavy atom. The molecule has 1 aromatic heterocycles. The van der Waals surface area contributed by atoms with Gasteiger partial charge in [0, 0.05) is 30.9 Å². The van der Waals surface area contributed by atoms with Crippen LogP contribution in [-0.2, 0) is 6.54 Å². The zero-order valence-corrected chi connectivity index (χ0v) is 11.6. The number of aromatic nitrogens is 1. The molecule has 0 atom stereocenters. The van der Waals surface area contributed by atoms with E-state index in [1.54, 1.807) is 0 Å². The quantitative estimate of drug-likeness (QED) is 0.824. The normalized spacial score (nSPS) is 10.6. The van der Waals surface area contributed by atoms with E-state index in [0.29, 0.717) is 6.54 Å². The molecule has 0 aliphatic heterocycles. The molecule has 0 aliphatic rings. The average molecular weight is 235 g/mol. The number of rotatable bonds is 6. The van der Waals surface area contributed by atoms with Gasteiger partial charge in [-0.2, -0.15) is 0 Å². The lowest BCUT2D eigenvalue weighted by molar-refractivity contribution is 0.725. The molecule has 0 spiro atoms. The van der Waals surface area contributed by atoms with E-state index in [9.17, 15) is 0 Å². The highest BCUT2D eigenvalue weighted by Crippen LogP contribution is 2.22. The molecule has 0 bridgehead atoms. The van der Waals surface area contributed by atoms with Gasteiger partial charge in [-0.3, -0.25) is 0 Å².